The number of hydrogen-bond donors (Lipinski definition) is 1. The topological polar surface area (TPSA) is 49.6 Å². The molecule has 2 atom stereocenters. The highest BCUT2D eigenvalue weighted by atomic mass is 16.2. The first-order valence-electron chi connectivity index (χ1n) is 8.74. The fourth-order valence-corrected chi connectivity index (χ4v) is 3.30. The average Bonchev–Trinajstić information content (AvgIpc) is 2.54. The Kier molecular flexibility index (Phi) is 6.60. The molecule has 0 radical (unpaired) electrons. The van der Waals surface area contributed by atoms with Crippen LogP contribution in [-0.4, -0.2) is 48.4 Å². The molecule has 1 aromatic carbocycles. The van der Waals surface area contributed by atoms with Crippen LogP contribution in [0.15, 0.2) is 30.3 Å². The fourth-order valence-electron chi connectivity index (χ4n) is 3.30. The summed E-state index contributed by atoms with van der Waals surface area (Å²) in [7, 11) is 1.89. The van der Waals surface area contributed by atoms with Crippen molar-refractivity contribution in [3.05, 3.63) is 35.9 Å². The summed E-state index contributed by atoms with van der Waals surface area (Å²) in [6, 6.07) is 10.2. The summed E-state index contributed by atoms with van der Waals surface area (Å²) in [6.07, 6.45) is 2.40. The lowest BCUT2D eigenvalue weighted by Crippen LogP contribution is -2.48. The molecule has 4 nitrogen and oxygen atoms in total. The molecule has 23 heavy (non-hydrogen) atoms. The van der Waals surface area contributed by atoms with Gasteiger partial charge in [-0.25, -0.2) is 0 Å². The van der Waals surface area contributed by atoms with E-state index in [1.807, 2.05) is 25.8 Å². The van der Waals surface area contributed by atoms with Crippen LogP contribution in [0.2, 0.25) is 0 Å². The highest BCUT2D eigenvalue weighted by molar-refractivity contribution is 5.81. The number of carbonyl (C=O) groups excluding carboxylic acids is 1. The van der Waals surface area contributed by atoms with Crippen molar-refractivity contribution in [3.8, 4) is 0 Å². The summed E-state index contributed by atoms with van der Waals surface area (Å²) >= 11 is 0. The van der Waals surface area contributed by atoms with Crippen LogP contribution in [-0.2, 0) is 11.3 Å². The van der Waals surface area contributed by atoms with Gasteiger partial charge < -0.3 is 10.6 Å². The Balaban J connectivity index is 1.85. The number of nitrogens with zero attached hydrogens (tertiary/aromatic N) is 2. The van der Waals surface area contributed by atoms with Crippen LogP contribution in [0.5, 0.6) is 0 Å². The number of rotatable bonds is 6. The molecule has 1 aliphatic rings. The van der Waals surface area contributed by atoms with Gasteiger partial charge in [0.25, 0.3) is 0 Å². The summed E-state index contributed by atoms with van der Waals surface area (Å²) in [5, 5.41) is 0. The zero-order valence-corrected chi connectivity index (χ0v) is 14.7. The van der Waals surface area contributed by atoms with E-state index in [4.69, 9.17) is 5.73 Å². The largest absolute Gasteiger partial charge is 0.344 e. The summed E-state index contributed by atoms with van der Waals surface area (Å²) < 4.78 is 0. The van der Waals surface area contributed by atoms with Crippen molar-refractivity contribution in [1.29, 1.82) is 0 Å². The highest BCUT2D eigenvalue weighted by Gasteiger charge is 2.26. The second-order valence-corrected chi connectivity index (χ2v) is 7.22. The van der Waals surface area contributed by atoms with Crippen molar-refractivity contribution in [3.63, 3.8) is 0 Å². The van der Waals surface area contributed by atoms with Crippen LogP contribution >= 0.6 is 0 Å². The molecular formula is C19H31N3O. The smallest absolute Gasteiger partial charge is 0.239 e. The predicted octanol–water partition coefficient (Wildman–Crippen LogP) is 2.34. The van der Waals surface area contributed by atoms with Gasteiger partial charge in [-0.1, -0.05) is 44.2 Å². The Morgan fingerprint density at radius 3 is 2.70 bits per heavy atom. The molecule has 1 fully saturated rings. The Morgan fingerprint density at radius 1 is 1.35 bits per heavy atom. The second kappa shape index (κ2) is 8.46. The van der Waals surface area contributed by atoms with Crippen LogP contribution in [0, 0.1) is 11.8 Å². The fraction of sp³-hybridized carbons (Fsp3) is 0.632. The number of likely N-dealkylation sites (N-methyl/N-ethyl adjacent to an activating group) is 1. The Labute approximate surface area is 140 Å². The number of benzene rings is 1. The SMILES string of the molecule is CC(C)C(N)C(=O)N(C)CC1CCCN(Cc2ccccc2)C1. The maximum Gasteiger partial charge on any atom is 0.239 e. The average molecular weight is 317 g/mol. The minimum atomic E-state index is -0.385. The number of nitrogens with two attached hydrogens (primary N) is 1. The molecular weight excluding hydrogens is 286 g/mol. The summed E-state index contributed by atoms with van der Waals surface area (Å²) in [5.74, 6) is 0.798. The quantitative estimate of drug-likeness (QED) is 0.876. The van der Waals surface area contributed by atoms with Crippen molar-refractivity contribution in [2.75, 3.05) is 26.7 Å². The number of piperidine rings is 1. The molecule has 2 N–H and O–H groups in total. The minimum Gasteiger partial charge on any atom is -0.344 e. The molecule has 1 aromatic rings. The number of carbonyl (C=O) groups is 1. The van der Waals surface area contributed by atoms with E-state index in [-0.39, 0.29) is 17.9 Å². The van der Waals surface area contributed by atoms with Gasteiger partial charge >= 0.3 is 0 Å². The first-order valence-corrected chi connectivity index (χ1v) is 8.74. The molecule has 1 aliphatic heterocycles. The van der Waals surface area contributed by atoms with Gasteiger partial charge in [-0.05, 0) is 36.8 Å². The number of hydrogen-bond acceptors (Lipinski definition) is 3. The zero-order chi connectivity index (χ0) is 16.8. The van der Waals surface area contributed by atoms with Gasteiger partial charge in [0.2, 0.25) is 5.91 Å². The Hall–Kier alpha value is -1.39. The second-order valence-electron chi connectivity index (χ2n) is 7.22. The van der Waals surface area contributed by atoms with E-state index in [1.165, 1.54) is 18.4 Å². The van der Waals surface area contributed by atoms with Gasteiger partial charge in [0.15, 0.2) is 0 Å². The molecule has 128 valence electrons. The van der Waals surface area contributed by atoms with Crippen LogP contribution in [0.4, 0.5) is 0 Å². The third kappa shape index (κ3) is 5.33. The Morgan fingerprint density at radius 2 is 2.04 bits per heavy atom. The number of likely N-dealkylation sites (tertiary alicyclic amines) is 1. The van der Waals surface area contributed by atoms with Gasteiger partial charge in [0.05, 0.1) is 6.04 Å². The van der Waals surface area contributed by atoms with Crippen LogP contribution in [0.1, 0.15) is 32.3 Å². The van der Waals surface area contributed by atoms with Crippen LogP contribution in [0.25, 0.3) is 0 Å². The molecule has 0 bridgehead atoms. The van der Waals surface area contributed by atoms with Crippen molar-refractivity contribution in [1.82, 2.24) is 9.80 Å². The van der Waals surface area contributed by atoms with Gasteiger partial charge in [-0.3, -0.25) is 9.69 Å². The van der Waals surface area contributed by atoms with Crippen molar-refractivity contribution in [2.45, 2.75) is 39.3 Å². The summed E-state index contributed by atoms with van der Waals surface area (Å²) in [6.45, 7) is 8.01. The van der Waals surface area contributed by atoms with Gasteiger partial charge in [0, 0.05) is 26.7 Å². The zero-order valence-electron chi connectivity index (χ0n) is 14.7. The summed E-state index contributed by atoms with van der Waals surface area (Å²) in [4.78, 5) is 16.7. The van der Waals surface area contributed by atoms with E-state index < -0.39 is 0 Å². The van der Waals surface area contributed by atoms with Gasteiger partial charge in [-0.15, -0.1) is 0 Å². The molecule has 2 unspecified atom stereocenters. The lowest BCUT2D eigenvalue weighted by molar-refractivity contribution is -0.133. The van der Waals surface area contributed by atoms with E-state index in [9.17, 15) is 4.79 Å². The maximum atomic E-state index is 12.3. The van der Waals surface area contributed by atoms with E-state index in [0.29, 0.717) is 5.92 Å². The molecule has 1 saturated heterocycles. The normalized spacial score (nSPS) is 20.5. The number of amides is 1. The van der Waals surface area contributed by atoms with E-state index in [0.717, 1.165) is 26.2 Å². The first-order chi connectivity index (χ1) is 11.0. The first kappa shape index (κ1) is 18.0. The van der Waals surface area contributed by atoms with Crippen molar-refractivity contribution >= 4 is 5.91 Å². The molecule has 0 saturated carbocycles. The molecule has 0 aliphatic carbocycles. The van der Waals surface area contributed by atoms with Crippen LogP contribution < -0.4 is 5.73 Å². The van der Waals surface area contributed by atoms with E-state index in [2.05, 4.69) is 35.2 Å². The maximum absolute atomic E-state index is 12.3. The molecule has 4 heteroatoms. The molecule has 2 rings (SSSR count). The van der Waals surface area contributed by atoms with Crippen molar-refractivity contribution < 1.29 is 4.79 Å². The minimum absolute atomic E-state index is 0.0696. The van der Waals surface area contributed by atoms with Crippen molar-refractivity contribution in [2.24, 2.45) is 17.6 Å². The lowest BCUT2D eigenvalue weighted by atomic mass is 9.96. The van der Waals surface area contributed by atoms with E-state index in [1.54, 1.807) is 0 Å². The summed E-state index contributed by atoms with van der Waals surface area (Å²) in [5.41, 5.74) is 7.35. The van der Waals surface area contributed by atoms with E-state index >= 15 is 0 Å². The van der Waals surface area contributed by atoms with Gasteiger partial charge in [0.1, 0.15) is 0 Å². The molecule has 1 amide bonds. The predicted molar refractivity (Wildman–Crippen MR) is 94.9 cm³/mol. The van der Waals surface area contributed by atoms with Gasteiger partial charge in [-0.2, -0.15) is 0 Å². The third-order valence-corrected chi connectivity index (χ3v) is 4.76. The molecule has 0 spiro atoms. The molecule has 0 aromatic heterocycles. The van der Waals surface area contributed by atoms with Crippen LogP contribution in [0.3, 0.4) is 0 Å². The molecule has 1 heterocycles. The standard InChI is InChI=1S/C19H31N3O/c1-15(2)18(20)19(23)21(3)12-17-10-7-11-22(14-17)13-16-8-5-4-6-9-16/h4-6,8-9,15,17-18H,7,10-14,20H2,1-3H3. The Bertz CT molecular complexity index is 489. The highest BCUT2D eigenvalue weighted by Crippen LogP contribution is 2.19. The lowest BCUT2D eigenvalue weighted by Gasteiger charge is -2.35. The third-order valence-electron chi connectivity index (χ3n) is 4.76. The monoisotopic (exact) mass is 317 g/mol.